The predicted octanol–water partition coefficient (Wildman–Crippen LogP) is 7.56. The smallest absolute Gasteiger partial charge is 0.309 e. The first kappa shape index (κ1) is 24.4. The van der Waals surface area contributed by atoms with Crippen molar-refractivity contribution in [1.29, 1.82) is 0 Å². The first-order valence-corrected chi connectivity index (χ1v) is 13.9. The van der Waals surface area contributed by atoms with E-state index in [1.165, 1.54) is 24.8 Å². The lowest BCUT2D eigenvalue weighted by atomic mass is 9.32. The van der Waals surface area contributed by atoms with Gasteiger partial charge in [-0.05, 0) is 117 Å². The van der Waals surface area contributed by atoms with Gasteiger partial charge in [0.1, 0.15) is 0 Å². The molecule has 9 atom stereocenters. The predicted molar refractivity (Wildman–Crippen MR) is 136 cm³/mol. The summed E-state index contributed by atoms with van der Waals surface area (Å²) in [6.45, 7) is 18.8. The number of aliphatic carboxylic acids is 1. The van der Waals surface area contributed by atoms with Crippen molar-refractivity contribution in [1.82, 2.24) is 0 Å². The van der Waals surface area contributed by atoms with Gasteiger partial charge in [-0.25, -0.2) is 0 Å². The Kier molecular flexibility index (Phi) is 5.27. The number of nitrogens with zero attached hydrogens (tertiary/aromatic N) is 1. The molecule has 5 rings (SSSR count). The van der Waals surface area contributed by atoms with Crippen molar-refractivity contribution in [3.8, 4) is 0 Å². The monoisotopic (exact) mass is 469 g/mol. The van der Waals surface area contributed by atoms with Crippen LogP contribution in [-0.4, -0.2) is 22.0 Å². The third kappa shape index (κ3) is 2.72. The highest BCUT2D eigenvalue weighted by atomic mass is 16.4. The summed E-state index contributed by atoms with van der Waals surface area (Å²) in [6, 6.07) is 0. The molecule has 0 aromatic rings. The second-order valence-electron chi connectivity index (χ2n) is 14.4. The van der Waals surface area contributed by atoms with Crippen molar-refractivity contribution in [2.24, 2.45) is 61.8 Å². The molecule has 0 radical (unpaired) electrons. The van der Waals surface area contributed by atoms with Crippen LogP contribution < -0.4 is 0 Å². The topological polar surface area (TPSA) is 69.9 Å². The third-order valence-electron chi connectivity index (χ3n) is 13.4. The van der Waals surface area contributed by atoms with E-state index in [0.29, 0.717) is 23.7 Å². The number of carboxylic acid groups (broad SMARTS) is 1. The molecule has 5 saturated carbocycles. The summed E-state index contributed by atoms with van der Waals surface area (Å²) in [5.41, 5.74) is 2.20. The highest BCUT2D eigenvalue weighted by molar-refractivity contribution is 5.90. The summed E-state index contributed by atoms with van der Waals surface area (Å²) < 4.78 is 0. The van der Waals surface area contributed by atoms with Crippen molar-refractivity contribution >= 4 is 11.7 Å². The third-order valence-corrected chi connectivity index (χ3v) is 13.4. The van der Waals surface area contributed by atoms with Gasteiger partial charge < -0.3 is 10.3 Å². The van der Waals surface area contributed by atoms with Gasteiger partial charge in [0.25, 0.3) is 0 Å². The van der Waals surface area contributed by atoms with E-state index < -0.39 is 11.4 Å². The van der Waals surface area contributed by atoms with E-state index in [9.17, 15) is 15.1 Å². The van der Waals surface area contributed by atoms with Gasteiger partial charge in [0.05, 0.1) is 11.1 Å². The Labute approximate surface area is 206 Å². The van der Waals surface area contributed by atoms with E-state index in [-0.39, 0.29) is 27.6 Å². The maximum absolute atomic E-state index is 12.8. The molecule has 5 aliphatic carbocycles. The van der Waals surface area contributed by atoms with Crippen LogP contribution in [0.25, 0.3) is 0 Å². The fraction of sp³-hybridized carbons (Fsp3) is 0.867. The Hall–Kier alpha value is -1.32. The molecular weight excluding hydrogens is 422 g/mol. The quantitative estimate of drug-likeness (QED) is 0.249. The van der Waals surface area contributed by atoms with Crippen LogP contribution in [0, 0.1) is 56.7 Å². The maximum atomic E-state index is 12.8. The zero-order valence-corrected chi connectivity index (χ0v) is 22.4. The standard InChI is InChI=1S/C30H47NO3/c1-18(2)19-10-15-30(25(32)33)17-16-28(6)20(24(19)30)8-9-22-27(5)13-12-23(31-34)26(3,4)21(27)11-14-29(22,28)7/h19-22,24,34H,1,8-17H2,2-7H3,(H,32,33)/b31-23+/t19-,20+,21-,22-,24-,27-,28+,29+,30-/m0/s1. The molecule has 0 amide bonds. The van der Waals surface area contributed by atoms with Crippen molar-refractivity contribution in [3.63, 3.8) is 0 Å². The largest absolute Gasteiger partial charge is 0.481 e. The van der Waals surface area contributed by atoms with E-state index in [1.54, 1.807) is 0 Å². The summed E-state index contributed by atoms with van der Waals surface area (Å²) in [5, 5.41) is 24.0. The van der Waals surface area contributed by atoms with Gasteiger partial charge in [0, 0.05) is 5.41 Å². The number of hydrogen-bond acceptors (Lipinski definition) is 3. The summed E-state index contributed by atoms with van der Waals surface area (Å²) in [5.74, 6) is 1.69. The zero-order valence-electron chi connectivity index (χ0n) is 22.4. The molecule has 0 unspecified atom stereocenters. The van der Waals surface area contributed by atoms with Crippen LogP contribution in [0.2, 0.25) is 0 Å². The van der Waals surface area contributed by atoms with Crippen molar-refractivity contribution < 1.29 is 15.1 Å². The average molecular weight is 470 g/mol. The molecule has 0 bridgehead atoms. The van der Waals surface area contributed by atoms with Crippen LogP contribution in [-0.2, 0) is 4.79 Å². The first-order valence-electron chi connectivity index (χ1n) is 13.9. The van der Waals surface area contributed by atoms with Gasteiger partial charge in [-0.3, -0.25) is 4.79 Å². The van der Waals surface area contributed by atoms with E-state index in [2.05, 4.69) is 53.3 Å². The Morgan fingerprint density at radius 3 is 2.24 bits per heavy atom. The zero-order chi connectivity index (χ0) is 24.9. The van der Waals surface area contributed by atoms with Gasteiger partial charge in [-0.2, -0.15) is 0 Å². The van der Waals surface area contributed by atoms with E-state index >= 15 is 0 Å². The van der Waals surface area contributed by atoms with Gasteiger partial charge in [-0.1, -0.05) is 51.9 Å². The van der Waals surface area contributed by atoms with E-state index in [4.69, 9.17) is 0 Å². The van der Waals surface area contributed by atoms with Gasteiger partial charge in [-0.15, -0.1) is 0 Å². The van der Waals surface area contributed by atoms with Crippen LogP contribution in [0.3, 0.4) is 0 Å². The lowest BCUT2D eigenvalue weighted by Crippen LogP contribution is -2.66. The normalized spacial score (nSPS) is 52.8. The van der Waals surface area contributed by atoms with Crippen LogP contribution >= 0.6 is 0 Å². The number of carbonyl (C=O) groups is 1. The van der Waals surface area contributed by atoms with Crippen LogP contribution in [0.15, 0.2) is 17.3 Å². The van der Waals surface area contributed by atoms with Crippen LogP contribution in [0.4, 0.5) is 0 Å². The number of rotatable bonds is 2. The average Bonchev–Trinajstić information content (AvgIpc) is 3.15. The van der Waals surface area contributed by atoms with Crippen molar-refractivity contribution in [2.75, 3.05) is 0 Å². The Morgan fingerprint density at radius 2 is 1.62 bits per heavy atom. The second-order valence-corrected chi connectivity index (χ2v) is 14.4. The summed E-state index contributed by atoms with van der Waals surface area (Å²) in [6.07, 6.45) is 10.5. The molecule has 5 fully saturated rings. The van der Waals surface area contributed by atoms with Crippen LogP contribution in [0.1, 0.15) is 106 Å². The fourth-order valence-electron chi connectivity index (χ4n) is 11.5. The highest BCUT2D eigenvalue weighted by Gasteiger charge is 2.71. The van der Waals surface area contributed by atoms with Crippen molar-refractivity contribution in [2.45, 2.75) is 106 Å². The van der Waals surface area contributed by atoms with E-state index in [0.717, 1.165) is 50.7 Å². The van der Waals surface area contributed by atoms with Crippen molar-refractivity contribution in [3.05, 3.63) is 12.2 Å². The van der Waals surface area contributed by atoms with Gasteiger partial charge in [0.2, 0.25) is 0 Å². The summed E-state index contributed by atoms with van der Waals surface area (Å²) in [7, 11) is 0. The molecule has 4 heteroatoms. The lowest BCUT2D eigenvalue weighted by molar-refractivity contribution is -0.230. The molecule has 0 aromatic heterocycles. The molecule has 0 aromatic carbocycles. The van der Waals surface area contributed by atoms with Gasteiger partial charge in [0.15, 0.2) is 0 Å². The molecule has 34 heavy (non-hydrogen) atoms. The molecule has 0 saturated heterocycles. The molecule has 4 nitrogen and oxygen atoms in total. The van der Waals surface area contributed by atoms with Crippen LogP contribution in [0.5, 0.6) is 0 Å². The molecule has 5 aliphatic rings. The van der Waals surface area contributed by atoms with Gasteiger partial charge >= 0.3 is 5.97 Å². The number of fused-ring (bicyclic) bond motifs is 7. The Balaban J connectivity index is 1.56. The molecular formula is C30H47NO3. The summed E-state index contributed by atoms with van der Waals surface area (Å²) >= 11 is 0. The van der Waals surface area contributed by atoms with E-state index in [1.807, 2.05) is 0 Å². The fourth-order valence-corrected chi connectivity index (χ4v) is 11.5. The minimum atomic E-state index is -0.545. The first-order chi connectivity index (χ1) is 15.8. The minimum Gasteiger partial charge on any atom is -0.481 e. The Morgan fingerprint density at radius 1 is 0.912 bits per heavy atom. The molecule has 0 heterocycles. The minimum absolute atomic E-state index is 0.0671. The Bertz CT molecular complexity index is 937. The number of carboxylic acids is 1. The molecule has 0 spiro atoms. The number of allylic oxidation sites excluding steroid dienone is 1. The SMILES string of the molecule is C=C(C)[C@@H]1CC[C@]2(C(=O)O)CC[C@]3(C)[C@H](CC[C@H]4[C@@]5(C)CC/C(=N\O)C(C)(C)[C@@H]5CC[C@]43C)[C@H]12. The number of hydrogen-bond donors (Lipinski definition) is 2. The molecule has 2 N–H and O–H groups in total. The highest BCUT2D eigenvalue weighted by Crippen LogP contribution is 2.77. The molecule has 0 aliphatic heterocycles. The lowest BCUT2D eigenvalue weighted by Gasteiger charge is -2.72. The molecule has 190 valence electrons. The second kappa shape index (κ2) is 7.35. The number of oxime groups is 1. The summed E-state index contributed by atoms with van der Waals surface area (Å²) in [4.78, 5) is 12.8. The maximum Gasteiger partial charge on any atom is 0.309 e.